The second kappa shape index (κ2) is 8.03. The Morgan fingerprint density at radius 3 is 2.25 bits per heavy atom. The smallest absolute Gasteiger partial charge is 0.227 e. The number of hydrogen-bond donors (Lipinski definition) is 0. The van der Waals surface area contributed by atoms with E-state index >= 15 is 0 Å². The third-order valence-electron chi connectivity index (χ3n) is 5.71. The van der Waals surface area contributed by atoms with Gasteiger partial charge in [0.05, 0.1) is 11.6 Å². The van der Waals surface area contributed by atoms with Gasteiger partial charge in [-0.2, -0.15) is 10.2 Å². The highest BCUT2D eigenvalue weighted by Crippen LogP contribution is 2.22. The van der Waals surface area contributed by atoms with Gasteiger partial charge in [-0.1, -0.05) is 0 Å². The van der Waals surface area contributed by atoms with E-state index in [1.165, 1.54) is 5.69 Å². The zero-order valence-electron chi connectivity index (χ0n) is 16.7. The van der Waals surface area contributed by atoms with Crippen LogP contribution in [0.4, 0.5) is 17.5 Å². The number of nitrogens with zero attached hydrogens (tertiary/aromatic N) is 7. The maximum Gasteiger partial charge on any atom is 0.227 e. The molecule has 2 aliphatic rings. The molecule has 0 unspecified atom stereocenters. The van der Waals surface area contributed by atoms with Gasteiger partial charge in [0.1, 0.15) is 5.82 Å². The normalized spacial score (nSPS) is 18.2. The molecule has 0 amide bonds. The van der Waals surface area contributed by atoms with Crippen LogP contribution in [0.25, 0.3) is 0 Å². The highest BCUT2D eigenvalue weighted by Gasteiger charge is 2.21. The van der Waals surface area contributed by atoms with Crippen LogP contribution in [-0.4, -0.2) is 74.3 Å². The first-order chi connectivity index (χ1) is 13.6. The summed E-state index contributed by atoms with van der Waals surface area (Å²) in [4.78, 5) is 18.7. The number of aromatic nitrogens is 2. The molecule has 0 saturated carbocycles. The van der Waals surface area contributed by atoms with Gasteiger partial charge in [-0.15, -0.1) is 0 Å². The van der Waals surface area contributed by atoms with Crippen molar-refractivity contribution in [1.82, 2.24) is 14.9 Å². The minimum atomic E-state index is 0.747. The van der Waals surface area contributed by atoms with E-state index in [2.05, 4.69) is 43.8 Å². The molecular formula is C21H27N7. The van der Waals surface area contributed by atoms with Crippen LogP contribution < -0.4 is 14.7 Å². The van der Waals surface area contributed by atoms with Gasteiger partial charge in [-0.3, -0.25) is 0 Å². The summed E-state index contributed by atoms with van der Waals surface area (Å²) in [6, 6.07) is 10.3. The van der Waals surface area contributed by atoms with E-state index in [1.807, 2.05) is 31.3 Å². The van der Waals surface area contributed by atoms with Crippen LogP contribution in [0.3, 0.4) is 0 Å². The summed E-state index contributed by atoms with van der Waals surface area (Å²) in [6.45, 7) is 9.80. The van der Waals surface area contributed by atoms with Gasteiger partial charge in [-0.25, -0.2) is 4.98 Å². The molecule has 1 aromatic carbocycles. The fourth-order valence-corrected chi connectivity index (χ4v) is 3.84. The van der Waals surface area contributed by atoms with Crippen molar-refractivity contribution in [3.63, 3.8) is 0 Å². The van der Waals surface area contributed by atoms with E-state index in [0.717, 1.165) is 75.3 Å². The van der Waals surface area contributed by atoms with E-state index in [0.29, 0.717) is 0 Å². The Morgan fingerprint density at radius 1 is 0.893 bits per heavy atom. The molecular weight excluding hydrogens is 350 g/mol. The molecule has 0 bridgehead atoms. The van der Waals surface area contributed by atoms with Gasteiger partial charge < -0.3 is 19.6 Å². The Hall–Kier alpha value is -2.85. The van der Waals surface area contributed by atoms with E-state index in [4.69, 9.17) is 10.2 Å². The summed E-state index contributed by atoms with van der Waals surface area (Å²) < 4.78 is 0. The van der Waals surface area contributed by atoms with Crippen molar-refractivity contribution in [3.8, 4) is 6.07 Å². The predicted molar refractivity (Wildman–Crippen MR) is 112 cm³/mol. The Kier molecular flexibility index (Phi) is 5.31. The maximum absolute atomic E-state index is 9.12. The number of rotatable bonds is 3. The number of hydrogen-bond acceptors (Lipinski definition) is 7. The Morgan fingerprint density at radius 2 is 1.57 bits per heavy atom. The number of nitriles is 1. The molecule has 146 valence electrons. The van der Waals surface area contributed by atoms with Crippen molar-refractivity contribution in [2.75, 3.05) is 74.1 Å². The number of benzene rings is 1. The predicted octanol–water partition coefficient (Wildman–Crippen LogP) is 1.74. The molecule has 0 atom stereocenters. The second-order valence-corrected chi connectivity index (χ2v) is 7.59. The van der Waals surface area contributed by atoms with Gasteiger partial charge in [-0.05, 0) is 43.8 Å². The van der Waals surface area contributed by atoms with Gasteiger partial charge in [0.15, 0.2) is 0 Å². The van der Waals surface area contributed by atoms with Crippen LogP contribution in [0, 0.1) is 18.3 Å². The zero-order chi connectivity index (χ0) is 19.5. The molecule has 0 spiro atoms. The molecule has 2 aliphatic heterocycles. The lowest BCUT2D eigenvalue weighted by molar-refractivity contribution is 0.312. The number of piperazine rings is 2. The lowest BCUT2D eigenvalue weighted by Gasteiger charge is -2.37. The lowest BCUT2D eigenvalue weighted by Crippen LogP contribution is -2.47. The van der Waals surface area contributed by atoms with Gasteiger partial charge in [0.2, 0.25) is 5.95 Å². The van der Waals surface area contributed by atoms with Crippen LogP contribution in [-0.2, 0) is 0 Å². The number of aryl methyl sites for hydroxylation is 1. The second-order valence-electron chi connectivity index (χ2n) is 7.59. The molecule has 28 heavy (non-hydrogen) atoms. The monoisotopic (exact) mass is 377 g/mol. The standard InChI is InChI=1S/C21H27N7/c1-17-15-19(4-3-18(17)16-22)26-11-13-28(14-12-26)21-23-6-5-20(24-21)27-9-7-25(2)8-10-27/h3-6,15H,7-14H2,1-2H3. The Balaban J connectivity index is 1.41. The summed E-state index contributed by atoms with van der Waals surface area (Å²) in [5.41, 5.74) is 2.96. The van der Waals surface area contributed by atoms with Crippen LogP contribution in [0.1, 0.15) is 11.1 Å². The van der Waals surface area contributed by atoms with Crippen molar-refractivity contribution in [3.05, 3.63) is 41.6 Å². The molecule has 2 aromatic rings. The largest absolute Gasteiger partial charge is 0.368 e. The molecule has 3 heterocycles. The van der Waals surface area contributed by atoms with E-state index in [1.54, 1.807) is 0 Å². The summed E-state index contributed by atoms with van der Waals surface area (Å²) >= 11 is 0. The van der Waals surface area contributed by atoms with Crippen molar-refractivity contribution in [1.29, 1.82) is 5.26 Å². The molecule has 1 aromatic heterocycles. The summed E-state index contributed by atoms with van der Waals surface area (Å²) in [5.74, 6) is 1.86. The topological polar surface area (TPSA) is 62.5 Å². The average molecular weight is 377 g/mol. The van der Waals surface area contributed by atoms with Crippen molar-refractivity contribution < 1.29 is 0 Å². The van der Waals surface area contributed by atoms with Gasteiger partial charge >= 0.3 is 0 Å². The Bertz CT molecular complexity index is 859. The summed E-state index contributed by atoms with van der Waals surface area (Å²) in [7, 11) is 2.16. The third kappa shape index (κ3) is 3.87. The summed E-state index contributed by atoms with van der Waals surface area (Å²) in [6.07, 6.45) is 1.88. The van der Waals surface area contributed by atoms with Crippen LogP contribution in [0.2, 0.25) is 0 Å². The fourth-order valence-electron chi connectivity index (χ4n) is 3.84. The van der Waals surface area contributed by atoms with Crippen LogP contribution >= 0.6 is 0 Å². The molecule has 0 radical (unpaired) electrons. The highest BCUT2D eigenvalue weighted by molar-refractivity contribution is 5.55. The maximum atomic E-state index is 9.12. The van der Waals surface area contributed by atoms with Gasteiger partial charge in [0.25, 0.3) is 0 Å². The molecule has 0 N–H and O–H groups in total. The first-order valence-corrected chi connectivity index (χ1v) is 9.91. The minimum Gasteiger partial charge on any atom is -0.368 e. The molecule has 2 saturated heterocycles. The third-order valence-corrected chi connectivity index (χ3v) is 5.71. The molecule has 7 heteroatoms. The molecule has 7 nitrogen and oxygen atoms in total. The molecule has 0 aliphatic carbocycles. The SMILES string of the molecule is Cc1cc(N2CCN(c3nccc(N4CCN(C)CC4)n3)CC2)ccc1C#N. The lowest BCUT2D eigenvalue weighted by atomic mass is 10.1. The Labute approximate surface area is 166 Å². The van der Waals surface area contributed by atoms with Crippen molar-refractivity contribution >= 4 is 17.5 Å². The quantitative estimate of drug-likeness (QED) is 0.807. The molecule has 2 fully saturated rings. The van der Waals surface area contributed by atoms with Crippen molar-refractivity contribution in [2.45, 2.75) is 6.92 Å². The van der Waals surface area contributed by atoms with Crippen LogP contribution in [0.15, 0.2) is 30.5 Å². The first-order valence-electron chi connectivity index (χ1n) is 9.91. The fraction of sp³-hybridized carbons (Fsp3) is 0.476. The van der Waals surface area contributed by atoms with E-state index in [-0.39, 0.29) is 0 Å². The average Bonchev–Trinajstić information content (AvgIpc) is 2.74. The van der Waals surface area contributed by atoms with E-state index in [9.17, 15) is 0 Å². The number of likely N-dealkylation sites (N-methyl/N-ethyl adjacent to an activating group) is 1. The molecule has 4 rings (SSSR count). The van der Waals surface area contributed by atoms with Gasteiger partial charge in [0, 0.05) is 64.2 Å². The zero-order valence-corrected chi connectivity index (χ0v) is 16.7. The minimum absolute atomic E-state index is 0.747. The summed E-state index contributed by atoms with van der Waals surface area (Å²) in [5, 5.41) is 9.12. The van der Waals surface area contributed by atoms with E-state index < -0.39 is 0 Å². The highest BCUT2D eigenvalue weighted by atomic mass is 15.3. The van der Waals surface area contributed by atoms with Crippen LogP contribution in [0.5, 0.6) is 0 Å². The van der Waals surface area contributed by atoms with Crippen molar-refractivity contribution in [2.24, 2.45) is 0 Å². The number of anilines is 3. The first kappa shape index (κ1) is 18.5.